The van der Waals surface area contributed by atoms with Crippen LogP contribution in [0.2, 0.25) is 10.0 Å². The van der Waals surface area contributed by atoms with E-state index in [1.807, 2.05) is 0 Å². The van der Waals surface area contributed by atoms with Gasteiger partial charge in [0.25, 0.3) is 0 Å². The van der Waals surface area contributed by atoms with E-state index in [2.05, 4.69) is 26.5 Å². The van der Waals surface area contributed by atoms with E-state index in [1.54, 1.807) is 24.3 Å². The van der Waals surface area contributed by atoms with E-state index in [-0.39, 0.29) is 5.76 Å². The maximum absolute atomic E-state index is 11.6. The summed E-state index contributed by atoms with van der Waals surface area (Å²) in [4.78, 5) is 11.6. The van der Waals surface area contributed by atoms with Gasteiger partial charge >= 0.3 is 5.91 Å². The Morgan fingerprint density at radius 2 is 2.11 bits per heavy atom. The highest BCUT2D eigenvalue weighted by Crippen LogP contribution is 2.24. The molecule has 98 valence electrons. The number of hydrazone groups is 1. The van der Waals surface area contributed by atoms with Crippen molar-refractivity contribution in [3.05, 3.63) is 56.4 Å². The molecule has 1 amide bonds. The number of carbonyl (C=O) groups is 1. The van der Waals surface area contributed by atoms with Crippen LogP contribution in [0.25, 0.3) is 0 Å². The summed E-state index contributed by atoms with van der Waals surface area (Å²) >= 11 is 14.9. The number of nitrogens with one attached hydrogen (secondary N) is 1. The fourth-order valence-corrected chi connectivity index (χ4v) is 1.94. The zero-order chi connectivity index (χ0) is 13.8. The van der Waals surface area contributed by atoms with Crippen molar-refractivity contribution in [2.24, 2.45) is 5.10 Å². The lowest BCUT2D eigenvalue weighted by Gasteiger charge is -1.99. The first-order chi connectivity index (χ1) is 9.08. The molecule has 4 nitrogen and oxygen atoms in total. The van der Waals surface area contributed by atoms with Crippen LogP contribution in [0.1, 0.15) is 16.1 Å². The number of benzene rings is 1. The van der Waals surface area contributed by atoms with E-state index in [1.165, 1.54) is 12.3 Å². The predicted octanol–water partition coefficient (Wildman–Crippen LogP) is 4.11. The van der Waals surface area contributed by atoms with Crippen molar-refractivity contribution in [3.8, 4) is 0 Å². The summed E-state index contributed by atoms with van der Waals surface area (Å²) in [6, 6.07) is 8.28. The molecule has 2 aromatic rings. The van der Waals surface area contributed by atoms with Crippen molar-refractivity contribution >= 4 is 51.3 Å². The standard InChI is InChI=1S/C12H7BrCl2N2O2/c13-10-5-4-9(19-10)12(18)17-16-6-7-2-1-3-8(14)11(7)15/h1-6H,(H,17,18)/b16-6+. The molecule has 0 fully saturated rings. The van der Waals surface area contributed by atoms with Gasteiger partial charge in [-0.2, -0.15) is 5.10 Å². The second-order valence-corrected chi connectivity index (χ2v) is 5.01. The highest BCUT2D eigenvalue weighted by molar-refractivity contribution is 9.10. The van der Waals surface area contributed by atoms with Crippen LogP contribution in [-0.4, -0.2) is 12.1 Å². The Kier molecular flexibility index (Phi) is 4.63. The van der Waals surface area contributed by atoms with Gasteiger partial charge in [-0.15, -0.1) is 0 Å². The lowest BCUT2D eigenvalue weighted by Crippen LogP contribution is -2.16. The van der Waals surface area contributed by atoms with E-state index in [4.69, 9.17) is 27.6 Å². The molecule has 0 bridgehead atoms. The average molecular weight is 362 g/mol. The molecule has 1 N–H and O–H groups in total. The first kappa shape index (κ1) is 14.1. The van der Waals surface area contributed by atoms with Gasteiger partial charge in [0.2, 0.25) is 0 Å². The van der Waals surface area contributed by atoms with Crippen molar-refractivity contribution in [2.75, 3.05) is 0 Å². The number of amides is 1. The average Bonchev–Trinajstić information content (AvgIpc) is 2.81. The lowest BCUT2D eigenvalue weighted by atomic mass is 10.2. The SMILES string of the molecule is O=C(N/N=C/c1cccc(Cl)c1Cl)c1ccc(Br)o1. The molecule has 1 aromatic heterocycles. The van der Waals surface area contributed by atoms with Crippen molar-refractivity contribution in [1.82, 2.24) is 5.43 Å². The molecule has 0 spiro atoms. The minimum atomic E-state index is -0.458. The molecule has 1 aromatic carbocycles. The zero-order valence-electron chi connectivity index (χ0n) is 9.36. The topological polar surface area (TPSA) is 54.6 Å². The fourth-order valence-electron chi connectivity index (χ4n) is 1.27. The van der Waals surface area contributed by atoms with Gasteiger partial charge in [0.15, 0.2) is 10.4 Å². The highest BCUT2D eigenvalue weighted by Gasteiger charge is 2.09. The van der Waals surface area contributed by atoms with Gasteiger partial charge in [0, 0.05) is 5.56 Å². The minimum absolute atomic E-state index is 0.154. The van der Waals surface area contributed by atoms with Gasteiger partial charge in [-0.3, -0.25) is 4.79 Å². The van der Waals surface area contributed by atoms with Gasteiger partial charge in [0.1, 0.15) is 0 Å². The summed E-state index contributed by atoms with van der Waals surface area (Å²) in [5.41, 5.74) is 2.93. The number of rotatable bonds is 3. The Morgan fingerprint density at radius 1 is 1.32 bits per heavy atom. The summed E-state index contributed by atoms with van der Waals surface area (Å²) < 4.78 is 5.55. The highest BCUT2D eigenvalue weighted by atomic mass is 79.9. The Hall–Kier alpha value is -1.30. The summed E-state index contributed by atoms with van der Waals surface area (Å²) in [5.74, 6) is -0.304. The lowest BCUT2D eigenvalue weighted by molar-refractivity contribution is 0.0926. The van der Waals surface area contributed by atoms with Gasteiger partial charge < -0.3 is 4.42 Å². The number of hydrogen-bond acceptors (Lipinski definition) is 3. The Balaban J connectivity index is 2.04. The Bertz CT molecular complexity index is 640. The molecule has 0 radical (unpaired) electrons. The summed E-state index contributed by atoms with van der Waals surface area (Å²) in [5, 5.41) is 4.59. The van der Waals surface area contributed by atoms with Crippen LogP contribution >= 0.6 is 39.1 Å². The molecule has 0 saturated carbocycles. The van der Waals surface area contributed by atoms with Crippen LogP contribution in [0.4, 0.5) is 0 Å². The first-order valence-corrected chi connectivity index (χ1v) is 6.65. The molecular formula is C12H7BrCl2N2O2. The quantitative estimate of drug-likeness (QED) is 0.660. The number of furan rings is 1. The van der Waals surface area contributed by atoms with Gasteiger partial charge in [-0.05, 0) is 34.1 Å². The summed E-state index contributed by atoms with van der Waals surface area (Å²) in [6.07, 6.45) is 1.41. The molecule has 19 heavy (non-hydrogen) atoms. The predicted molar refractivity (Wildman–Crippen MR) is 77.9 cm³/mol. The van der Waals surface area contributed by atoms with E-state index < -0.39 is 5.91 Å². The number of hydrogen-bond donors (Lipinski definition) is 1. The normalized spacial score (nSPS) is 10.9. The minimum Gasteiger partial charge on any atom is -0.444 e. The van der Waals surface area contributed by atoms with E-state index in [0.717, 1.165) is 0 Å². The zero-order valence-corrected chi connectivity index (χ0v) is 12.5. The third-order valence-corrected chi connectivity index (χ3v) is 3.41. The molecule has 1 heterocycles. The molecule has 0 unspecified atom stereocenters. The molecule has 0 aliphatic carbocycles. The molecule has 0 saturated heterocycles. The van der Waals surface area contributed by atoms with E-state index >= 15 is 0 Å². The van der Waals surface area contributed by atoms with Crippen molar-refractivity contribution in [3.63, 3.8) is 0 Å². The third kappa shape index (κ3) is 3.59. The van der Waals surface area contributed by atoms with Crippen LogP contribution in [-0.2, 0) is 0 Å². The molecule has 7 heteroatoms. The molecule has 0 atom stereocenters. The van der Waals surface area contributed by atoms with Crippen molar-refractivity contribution in [1.29, 1.82) is 0 Å². The number of halogens is 3. The maximum atomic E-state index is 11.6. The second kappa shape index (κ2) is 6.23. The third-order valence-electron chi connectivity index (χ3n) is 2.15. The van der Waals surface area contributed by atoms with Crippen LogP contribution in [0.3, 0.4) is 0 Å². The maximum Gasteiger partial charge on any atom is 0.307 e. The van der Waals surface area contributed by atoms with Crippen molar-refractivity contribution in [2.45, 2.75) is 0 Å². The first-order valence-electron chi connectivity index (χ1n) is 5.10. The van der Waals surface area contributed by atoms with E-state index in [0.29, 0.717) is 20.3 Å². The van der Waals surface area contributed by atoms with Crippen molar-refractivity contribution < 1.29 is 9.21 Å². The summed E-state index contributed by atoms with van der Waals surface area (Å²) in [6.45, 7) is 0. The van der Waals surface area contributed by atoms with Crippen LogP contribution in [0.15, 0.2) is 44.5 Å². The molecule has 0 aliphatic rings. The second-order valence-electron chi connectivity index (χ2n) is 3.45. The molecule has 0 aliphatic heterocycles. The summed E-state index contributed by atoms with van der Waals surface area (Å²) in [7, 11) is 0. The van der Waals surface area contributed by atoms with Gasteiger partial charge in [-0.1, -0.05) is 35.3 Å². The Morgan fingerprint density at radius 3 is 2.79 bits per heavy atom. The Labute approximate surface area is 127 Å². The molecule has 2 rings (SSSR count). The fraction of sp³-hybridized carbons (Fsp3) is 0. The number of carbonyl (C=O) groups excluding carboxylic acids is 1. The van der Waals surface area contributed by atoms with Crippen LogP contribution in [0.5, 0.6) is 0 Å². The van der Waals surface area contributed by atoms with Crippen LogP contribution in [0, 0.1) is 0 Å². The van der Waals surface area contributed by atoms with Crippen LogP contribution < -0.4 is 5.43 Å². The molecular weight excluding hydrogens is 355 g/mol. The van der Waals surface area contributed by atoms with Gasteiger partial charge in [-0.25, -0.2) is 5.43 Å². The smallest absolute Gasteiger partial charge is 0.307 e. The largest absolute Gasteiger partial charge is 0.444 e. The van der Waals surface area contributed by atoms with E-state index in [9.17, 15) is 4.79 Å². The van der Waals surface area contributed by atoms with Gasteiger partial charge in [0.05, 0.1) is 16.3 Å². The monoisotopic (exact) mass is 360 g/mol. The number of nitrogens with zero attached hydrogens (tertiary/aromatic N) is 1.